The van der Waals surface area contributed by atoms with Crippen molar-refractivity contribution in [1.29, 1.82) is 0 Å². The van der Waals surface area contributed by atoms with E-state index in [2.05, 4.69) is 10.4 Å². The third kappa shape index (κ3) is 3.33. The van der Waals surface area contributed by atoms with Crippen LogP contribution in [0.5, 0.6) is 0 Å². The third-order valence-electron chi connectivity index (χ3n) is 3.00. The van der Waals surface area contributed by atoms with Crippen LogP contribution in [0, 0.1) is 12.8 Å². The van der Waals surface area contributed by atoms with Crippen LogP contribution in [0.15, 0.2) is 6.20 Å². The number of carboxylic acid groups (broad SMARTS) is 1. The predicted octanol–water partition coefficient (Wildman–Crippen LogP) is 1.61. The third-order valence-corrected chi connectivity index (χ3v) is 3.00. The van der Waals surface area contributed by atoms with Gasteiger partial charge in [-0.05, 0) is 26.7 Å². The first kappa shape index (κ1) is 15.2. The monoisotopic (exact) mass is 267 g/mol. The molecule has 6 nitrogen and oxygen atoms in total. The molecule has 0 aromatic carbocycles. The van der Waals surface area contributed by atoms with Crippen LogP contribution in [0.1, 0.15) is 49.8 Å². The molecule has 1 aromatic rings. The fourth-order valence-corrected chi connectivity index (χ4v) is 1.90. The zero-order valence-electron chi connectivity index (χ0n) is 12.0. The number of carbonyl (C=O) groups is 2. The first-order valence-electron chi connectivity index (χ1n) is 6.33. The van der Waals surface area contributed by atoms with E-state index < -0.39 is 17.9 Å². The van der Waals surface area contributed by atoms with Gasteiger partial charge in [-0.25, -0.2) is 4.79 Å². The van der Waals surface area contributed by atoms with Gasteiger partial charge in [0.2, 0.25) is 0 Å². The van der Waals surface area contributed by atoms with Gasteiger partial charge in [0.15, 0.2) is 0 Å². The second-order valence-corrected chi connectivity index (χ2v) is 5.22. The summed E-state index contributed by atoms with van der Waals surface area (Å²) >= 11 is 0. The number of nitrogens with one attached hydrogen (secondary N) is 1. The minimum absolute atomic E-state index is 0.155. The fourth-order valence-electron chi connectivity index (χ4n) is 1.90. The fraction of sp³-hybridized carbons (Fsp3) is 0.615. The van der Waals surface area contributed by atoms with E-state index in [0.717, 1.165) is 5.69 Å². The number of nitrogens with zero attached hydrogens (tertiary/aromatic N) is 2. The number of amides is 1. The van der Waals surface area contributed by atoms with Crippen LogP contribution < -0.4 is 5.32 Å². The largest absolute Gasteiger partial charge is 0.480 e. The molecule has 106 valence electrons. The standard InChI is InChI=1S/C13H21N3O3/c1-7(2)11(13(18)19)15-12(17)10-6-14-16(8(3)4)9(10)5/h6-8,11H,1-5H3,(H,15,17)(H,18,19)/t11-/m0/s1. The summed E-state index contributed by atoms with van der Waals surface area (Å²) in [5.41, 5.74) is 1.15. The summed E-state index contributed by atoms with van der Waals surface area (Å²) in [5.74, 6) is -1.61. The Balaban J connectivity index is 2.92. The van der Waals surface area contributed by atoms with E-state index in [4.69, 9.17) is 5.11 Å². The second kappa shape index (κ2) is 5.86. The number of carbonyl (C=O) groups excluding carboxylic acids is 1. The van der Waals surface area contributed by atoms with Gasteiger partial charge in [-0.15, -0.1) is 0 Å². The lowest BCUT2D eigenvalue weighted by Crippen LogP contribution is -2.44. The van der Waals surface area contributed by atoms with Crippen molar-refractivity contribution in [3.63, 3.8) is 0 Å². The van der Waals surface area contributed by atoms with Crippen molar-refractivity contribution in [1.82, 2.24) is 15.1 Å². The van der Waals surface area contributed by atoms with Crippen molar-refractivity contribution in [2.24, 2.45) is 5.92 Å². The second-order valence-electron chi connectivity index (χ2n) is 5.22. The highest BCUT2D eigenvalue weighted by Gasteiger charge is 2.25. The van der Waals surface area contributed by atoms with Crippen molar-refractivity contribution in [3.8, 4) is 0 Å². The molecule has 1 heterocycles. The molecule has 0 fully saturated rings. The number of aliphatic carboxylic acids is 1. The molecule has 0 radical (unpaired) electrons. The van der Waals surface area contributed by atoms with Gasteiger partial charge >= 0.3 is 5.97 Å². The molecule has 1 atom stereocenters. The topological polar surface area (TPSA) is 84.2 Å². The van der Waals surface area contributed by atoms with E-state index in [1.807, 2.05) is 13.8 Å². The molecule has 1 rings (SSSR count). The average Bonchev–Trinajstić information content (AvgIpc) is 2.66. The summed E-state index contributed by atoms with van der Waals surface area (Å²) in [6.07, 6.45) is 1.48. The van der Waals surface area contributed by atoms with Crippen LogP contribution in [0.2, 0.25) is 0 Å². The lowest BCUT2D eigenvalue weighted by Gasteiger charge is -2.17. The van der Waals surface area contributed by atoms with Crippen molar-refractivity contribution in [3.05, 3.63) is 17.5 Å². The smallest absolute Gasteiger partial charge is 0.326 e. The quantitative estimate of drug-likeness (QED) is 0.849. The minimum Gasteiger partial charge on any atom is -0.480 e. The Morgan fingerprint density at radius 1 is 1.32 bits per heavy atom. The van der Waals surface area contributed by atoms with Crippen LogP contribution in [0.25, 0.3) is 0 Å². The molecule has 0 unspecified atom stereocenters. The molecule has 0 aliphatic heterocycles. The minimum atomic E-state index is -1.03. The van der Waals surface area contributed by atoms with Crippen LogP contribution in [0.3, 0.4) is 0 Å². The highest BCUT2D eigenvalue weighted by Crippen LogP contribution is 2.13. The van der Waals surface area contributed by atoms with Crippen molar-refractivity contribution in [2.45, 2.75) is 46.7 Å². The van der Waals surface area contributed by atoms with Crippen LogP contribution in [0.4, 0.5) is 0 Å². The Hall–Kier alpha value is -1.85. The first-order chi connectivity index (χ1) is 8.75. The molecule has 6 heteroatoms. The Morgan fingerprint density at radius 2 is 1.89 bits per heavy atom. The van der Waals surface area contributed by atoms with E-state index in [1.165, 1.54) is 6.20 Å². The summed E-state index contributed by atoms with van der Waals surface area (Å²) in [4.78, 5) is 23.2. The molecule has 0 spiro atoms. The maximum atomic E-state index is 12.1. The van der Waals surface area contributed by atoms with Gasteiger partial charge < -0.3 is 10.4 Å². The average molecular weight is 267 g/mol. The van der Waals surface area contributed by atoms with Gasteiger partial charge in [0.05, 0.1) is 11.8 Å². The highest BCUT2D eigenvalue weighted by atomic mass is 16.4. The zero-order chi connectivity index (χ0) is 14.7. The molecule has 1 aromatic heterocycles. The highest BCUT2D eigenvalue weighted by molar-refractivity contribution is 5.97. The molecule has 0 aliphatic rings. The van der Waals surface area contributed by atoms with E-state index in [9.17, 15) is 9.59 Å². The molecule has 0 saturated carbocycles. The lowest BCUT2D eigenvalue weighted by molar-refractivity contribution is -0.140. The lowest BCUT2D eigenvalue weighted by atomic mass is 10.0. The van der Waals surface area contributed by atoms with Gasteiger partial charge in [0.1, 0.15) is 6.04 Å². The molecule has 2 N–H and O–H groups in total. The normalized spacial score (nSPS) is 12.8. The summed E-state index contributed by atoms with van der Waals surface area (Å²) < 4.78 is 1.74. The summed E-state index contributed by atoms with van der Waals surface area (Å²) in [6, 6.07) is -0.740. The van der Waals surface area contributed by atoms with Crippen molar-refractivity contribution < 1.29 is 14.7 Å². The number of hydrogen-bond donors (Lipinski definition) is 2. The predicted molar refractivity (Wildman–Crippen MR) is 71.1 cm³/mol. The van der Waals surface area contributed by atoms with E-state index >= 15 is 0 Å². The number of aromatic nitrogens is 2. The maximum Gasteiger partial charge on any atom is 0.326 e. The number of carboxylic acids is 1. The van der Waals surface area contributed by atoms with Gasteiger partial charge in [-0.3, -0.25) is 9.48 Å². The zero-order valence-corrected chi connectivity index (χ0v) is 12.0. The van der Waals surface area contributed by atoms with Crippen LogP contribution in [-0.2, 0) is 4.79 Å². The SMILES string of the molecule is Cc1c(C(=O)N[C@H](C(=O)O)C(C)C)cnn1C(C)C. The van der Waals surface area contributed by atoms with Gasteiger partial charge in [-0.2, -0.15) is 5.10 Å². The molecule has 0 bridgehead atoms. The maximum absolute atomic E-state index is 12.1. The Kier molecular flexibility index (Phi) is 4.69. The van der Waals surface area contributed by atoms with Gasteiger partial charge in [0, 0.05) is 11.7 Å². The molecular weight excluding hydrogens is 246 g/mol. The van der Waals surface area contributed by atoms with E-state index in [0.29, 0.717) is 5.56 Å². The van der Waals surface area contributed by atoms with Crippen molar-refractivity contribution >= 4 is 11.9 Å². The van der Waals surface area contributed by atoms with Gasteiger partial charge in [0.25, 0.3) is 5.91 Å². The Bertz CT molecular complexity index is 477. The van der Waals surface area contributed by atoms with Gasteiger partial charge in [-0.1, -0.05) is 13.8 Å². The summed E-state index contributed by atoms with van der Waals surface area (Å²) in [7, 11) is 0. The Labute approximate surface area is 112 Å². The van der Waals surface area contributed by atoms with Crippen molar-refractivity contribution in [2.75, 3.05) is 0 Å². The first-order valence-corrected chi connectivity index (χ1v) is 6.33. The summed E-state index contributed by atoms with van der Waals surface area (Å²) in [5, 5.41) is 15.7. The van der Waals surface area contributed by atoms with E-state index in [1.54, 1.807) is 25.5 Å². The molecule has 0 aliphatic carbocycles. The molecule has 0 saturated heterocycles. The molecule has 1 amide bonds. The summed E-state index contributed by atoms with van der Waals surface area (Å²) in [6.45, 7) is 9.24. The Morgan fingerprint density at radius 3 is 2.26 bits per heavy atom. The number of rotatable bonds is 5. The number of hydrogen-bond acceptors (Lipinski definition) is 3. The van der Waals surface area contributed by atoms with E-state index in [-0.39, 0.29) is 12.0 Å². The molecular formula is C13H21N3O3. The van der Waals surface area contributed by atoms with Crippen LogP contribution >= 0.6 is 0 Å². The molecule has 19 heavy (non-hydrogen) atoms. The van der Waals surface area contributed by atoms with Crippen LogP contribution in [-0.4, -0.2) is 32.8 Å².